The van der Waals surface area contributed by atoms with Crippen LogP contribution in [0.2, 0.25) is 0 Å². The molecule has 0 fully saturated rings. The maximum atomic E-state index is 12.0. The van der Waals surface area contributed by atoms with E-state index in [2.05, 4.69) is 16.8 Å². The van der Waals surface area contributed by atoms with Crippen molar-refractivity contribution in [2.45, 2.75) is 12.5 Å². The normalized spacial score (nSPS) is 19.0. The van der Waals surface area contributed by atoms with Crippen LogP contribution in [0.1, 0.15) is 28.4 Å². The van der Waals surface area contributed by atoms with Gasteiger partial charge in [0.15, 0.2) is 5.78 Å². The zero-order valence-corrected chi connectivity index (χ0v) is 9.46. The molecule has 2 heterocycles. The van der Waals surface area contributed by atoms with E-state index in [1.807, 2.05) is 29.6 Å². The van der Waals surface area contributed by atoms with Gasteiger partial charge in [0.05, 0.1) is 6.04 Å². The fourth-order valence-electron chi connectivity index (χ4n) is 2.06. The molecule has 16 heavy (non-hydrogen) atoms. The summed E-state index contributed by atoms with van der Waals surface area (Å²) in [5, 5.41) is 7.56. The van der Waals surface area contributed by atoms with Crippen LogP contribution < -0.4 is 5.32 Å². The standard InChI is InChI=1S/C13H11NOS/c15-13-7-12(9-5-6-16-8-9)14-11-4-2-1-3-10(11)13/h1-6,8,12,14H,7H2. The van der Waals surface area contributed by atoms with Gasteiger partial charge in [-0.05, 0) is 34.5 Å². The Kier molecular flexibility index (Phi) is 2.26. The lowest BCUT2D eigenvalue weighted by Crippen LogP contribution is -2.22. The molecule has 1 aliphatic rings. The maximum Gasteiger partial charge on any atom is 0.167 e. The second-order valence-corrected chi connectivity index (χ2v) is 4.71. The Hall–Kier alpha value is -1.61. The highest BCUT2D eigenvalue weighted by molar-refractivity contribution is 7.08. The number of rotatable bonds is 1. The molecule has 1 aromatic heterocycles. The van der Waals surface area contributed by atoms with Crippen molar-refractivity contribution in [3.05, 3.63) is 52.2 Å². The summed E-state index contributed by atoms with van der Waals surface area (Å²) < 4.78 is 0. The van der Waals surface area contributed by atoms with Crippen LogP contribution >= 0.6 is 11.3 Å². The first-order valence-corrected chi connectivity index (χ1v) is 6.20. The number of fused-ring (bicyclic) bond motifs is 1. The summed E-state index contributed by atoms with van der Waals surface area (Å²) in [5.41, 5.74) is 2.97. The molecule has 0 bridgehead atoms. The van der Waals surface area contributed by atoms with Crippen LogP contribution in [0.5, 0.6) is 0 Å². The van der Waals surface area contributed by atoms with Crippen LogP contribution in [0.3, 0.4) is 0 Å². The van der Waals surface area contributed by atoms with Crippen molar-refractivity contribution in [1.82, 2.24) is 0 Å². The Bertz CT molecular complexity index is 518. The summed E-state index contributed by atoms with van der Waals surface area (Å²) >= 11 is 1.66. The van der Waals surface area contributed by atoms with Crippen LogP contribution in [-0.4, -0.2) is 5.78 Å². The molecule has 0 saturated heterocycles. The van der Waals surface area contributed by atoms with E-state index < -0.39 is 0 Å². The highest BCUT2D eigenvalue weighted by Gasteiger charge is 2.24. The van der Waals surface area contributed by atoms with E-state index in [0.29, 0.717) is 6.42 Å². The topological polar surface area (TPSA) is 29.1 Å². The summed E-state index contributed by atoms with van der Waals surface area (Å²) in [6.07, 6.45) is 0.549. The van der Waals surface area contributed by atoms with Crippen molar-refractivity contribution in [2.75, 3.05) is 5.32 Å². The summed E-state index contributed by atoms with van der Waals surface area (Å²) in [4.78, 5) is 12.0. The first-order valence-electron chi connectivity index (χ1n) is 5.25. The van der Waals surface area contributed by atoms with Crippen molar-refractivity contribution >= 4 is 22.8 Å². The van der Waals surface area contributed by atoms with Crippen molar-refractivity contribution in [2.24, 2.45) is 0 Å². The molecule has 1 aliphatic heterocycles. The lowest BCUT2D eigenvalue weighted by Gasteiger charge is -2.25. The molecular formula is C13H11NOS. The van der Waals surface area contributed by atoms with E-state index in [1.54, 1.807) is 11.3 Å². The highest BCUT2D eigenvalue weighted by atomic mass is 32.1. The summed E-state index contributed by atoms with van der Waals surface area (Å²) in [6, 6.07) is 9.91. The van der Waals surface area contributed by atoms with Gasteiger partial charge in [-0.3, -0.25) is 4.79 Å². The molecule has 80 valence electrons. The second-order valence-electron chi connectivity index (χ2n) is 3.93. The van der Waals surface area contributed by atoms with Crippen LogP contribution in [0.4, 0.5) is 5.69 Å². The van der Waals surface area contributed by atoms with Gasteiger partial charge >= 0.3 is 0 Å². The average Bonchev–Trinajstić information content (AvgIpc) is 2.82. The minimum atomic E-state index is 0.133. The van der Waals surface area contributed by atoms with E-state index in [0.717, 1.165) is 11.3 Å². The van der Waals surface area contributed by atoms with Gasteiger partial charge in [-0.15, -0.1) is 0 Å². The Morgan fingerprint density at radius 2 is 2.12 bits per heavy atom. The van der Waals surface area contributed by atoms with Crippen LogP contribution in [0.15, 0.2) is 41.1 Å². The number of ketones is 1. The van der Waals surface area contributed by atoms with Crippen molar-refractivity contribution in [3.8, 4) is 0 Å². The molecule has 0 spiro atoms. The largest absolute Gasteiger partial charge is 0.377 e. The number of para-hydroxylation sites is 1. The summed E-state index contributed by atoms with van der Waals surface area (Å²) in [7, 11) is 0. The van der Waals surface area contributed by atoms with Crippen LogP contribution in [-0.2, 0) is 0 Å². The van der Waals surface area contributed by atoms with E-state index in [9.17, 15) is 4.79 Å². The number of thiophene rings is 1. The van der Waals surface area contributed by atoms with Crippen LogP contribution in [0.25, 0.3) is 0 Å². The van der Waals surface area contributed by atoms with E-state index >= 15 is 0 Å². The fraction of sp³-hybridized carbons (Fsp3) is 0.154. The third-order valence-corrected chi connectivity index (χ3v) is 3.59. The molecule has 0 aliphatic carbocycles. The van der Waals surface area contributed by atoms with Gasteiger partial charge < -0.3 is 5.32 Å². The first-order chi connectivity index (χ1) is 7.84. The summed E-state index contributed by atoms with van der Waals surface area (Å²) in [6.45, 7) is 0. The molecule has 3 heteroatoms. The lowest BCUT2D eigenvalue weighted by atomic mass is 9.94. The van der Waals surface area contributed by atoms with E-state index in [-0.39, 0.29) is 11.8 Å². The second kappa shape index (κ2) is 3.76. The SMILES string of the molecule is O=C1CC(c2ccsc2)Nc2ccccc21. The molecule has 1 atom stereocenters. The molecule has 0 amide bonds. The first kappa shape index (κ1) is 9.60. The van der Waals surface area contributed by atoms with Gasteiger partial charge in [0.1, 0.15) is 0 Å². The predicted octanol–water partition coefficient (Wildman–Crippen LogP) is 3.49. The third-order valence-electron chi connectivity index (χ3n) is 2.89. The summed E-state index contributed by atoms with van der Waals surface area (Å²) in [5.74, 6) is 0.227. The van der Waals surface area contributed by atoms with Crippen molar-refractivity contribution in [3.63, 3.8) is 0 Å². The smallest absolute Gasteiger partial charge is 0.167 e. The molecular weight excluding hydrogens is 218 g/mol. The van der Waals surface area contributed by atoms with Crippen molar-refractivity contribution in [1.29, 1.82) is 0 Å². The number of hydrogen-bond donors (Lipinski definition) is 1. The number of Topliss-reactive ketones (excluding diaryl/α,β-unsaturated/α-hetero) is 1. The predicted molar refractivity (Wildman–Crippen MR) is 66.1 cm³/mol. The maximum absolute atomic E-state index is 12.0. The number of nitrogens with one attached hydrogen (secondary N) is 1. The van der Waals surface area contributed by atoms with Crippen LogP contribution in [0, 0.1) is 0 Å². The Morgan fingerprint density at radius 1 is 1.25 bits per heavy atom. The molecule has 1 aromatic carbocycles. The number of carbonyl (C=O) groups is 1. The zero-order valence-electron chi connectivity index (χ0n) is 8.64. The van der Waals surface area contributed by atoms with Gasteiger partial charge in [0, 0.05) is 17.7 Å². The van der Waals surface area contributed by atoms with Gasteiger partial charge in [0.25, 0.3) is 0 Å². The molecule has 0 radical (unpaired) electrons. The fourth-order valence-corrected chi connectivity index (χ4v) is 2.77. The minimum Gasteiger partial charge on any atom is -0.377 e. The van der Waals surface area contributed by atoms with Crippen molar-refractivity contribution < 1.29 is 4.79 Å². The molecule has 1 N–H and O–H groups in total. The monoisotopic (exact) mass is 229 g/mol. The van der Waals surface area contributed by atoms with Gasteiger partial charge in [0.2, 0.25) is 0 Å². The zero-order chi connectivity index (χ0) is 11.0. The van der Waals surface area contributed by atoms with Gasteiger partial charge in [-0.25, -0.2) is 0 Å². The van der Waals surface area contributed by atoms with Gasteiger partial charge in [-0.2, -0.15) is 11.3 Å². The average molecular weight is 229 g/mol. The molecule has 1 unspecified atom stereocenters. The number of hydrogen-bond acceptors (Lipinski definition) is 3. The van der Waals surface area contributed by atoms with Gasteiger partial charge in [-0.1, -0.05) is 12.1 Å². The molecule has 0 saturated carbocycles. The highest BCUT2D eigenvalue weighted by Crippen LogP contribution is 2.32. The Labute approximate surface area is 97.9 Å². The number of benzene rings is 1. The Morgan fingerprint density at radius 3 is 2.94 bits per heavy atom. The lowest BCUT2D eigenvalue weighted by molar-refractivity contribution is 0.0972. The third kappa shape index (κ3) is 1.53. The minimum absolute atomic E-state index is 0.133. The molecule has 2 nitrogen and oxygen atoms in total. The quantitative estimate of drug-likeness (QED) is 0.811. The molecule has 2 aromatic rings. The number of anilines is 1. The van der Waals surface area contributed by atoms with E-state index in [4.69, 9.17) is 0 Å². The number of carbonyl (C=O) groups excluding carboxylic acids is 1. The Balaban J connectivity index is 1.98. The molecule has 3 rings (SSSR count). The van der Waals surface area contributed by atoms with E-state index in [1.165, 1.54) is 5.56 Å².